The number of rotatable bonds is 5. The van der Waals surface area contributed by atoms with Crippen molar-refractivity contribution in [3.05, 3.63) is 18.0 Å². The Bertz CT molecular complexity index is 425. The van der Waals surface area contributed by atoms with E-state index in [9.17, 15) is 9.59 Å². The summed E-state index contributed by atoms with van der Waals surface area (Å²) < 4.78 is 1.76. The molecule has 1 aromatic rings. The fourth-order valence-electron chi connectivity index (χ4n) is 1.49. The first kappa shape index (κ1) is 13.1. The number of primary amides is 1. The number of nitrogens with zero attached hydrogens (tertiary/aromatic N) is 1. The number of carbonyl (C=O) groups excluding carboxylic acids is 2. The van der Waals surface area contributed by atoms with Crippen LogP contribution in [0, 0.1) is 0 Å². The van der Waals surface area contributed by atoms with Gasteiger partial charge in [-0.1, -0.05) is 6.92 Å². The quantitative estimate of drug-likeness (QED) is 0.677. The van der Waals surface area contributed by atoms with Crippen LogP contribution in [0.3, 0.4) is 0 Å². The first-order valence-electron chi connectivity index (χ1n) is 5.51. The zero-order chi connectivity index (χ0) is 13.0. The molecule has 1 aromatic heterocycles. The lowest BCUT2D eigenvalue weighted by atomic mass is 10.3. The monoisotopic (exact) mass is 238 g/mol. The third-order valence-electron chi connectivity index (χ3n) is 2.39. The molecule has 0 aromatic carbocycles. The predicted molar refractivity (Wildman–Crippen MR) is 65.3 cm³/mol. The molecule has 1 heterocycles. The maximum atomic E-state index is 11.9. The zero-order valence-corrected chi connectivity index (χ0v) is 10.1. The molecule has 6 nitrogen and oxygen atoms in total. The summed E-state index contributed by atoms with van der Waals surface area (Å²) in [5.74, 6) is -0.915. The number of nitrogens with one attached hydrogen (secondary N) is 1. The van der Waals surface area contributed by atoms with Crippen LogP contribution >= 0.6 is 0 Å². The average molecular weight is 238 g/mol. The SMILES string of the molecule is CCCn1cc(N)cc1C(=O)NC(C)C(N)=O. The molecule has 17 heavy (non-hydrogen) atoms. The van der Waals surface area contributed by atoms with Crippen molar-refractivity contribution in [3.63, 3.8) is 0 Å². The maximum absolute atomic E-state index is 11.9. The molecule has 0 fully saturated rings. The van der Waals surface area contributed by atoms with E-state index in [-0.39, 0.29) is 5.91 Å². The van der Waals surface area contributed by atoms with E-state index >= 15 is 0 Å². The molecule has 1 unspecified atom stereocenters. The smallest absolute Gasteiger partial charge is 0.268 e. The first-order valence-corrected chi connectivity index (χ1v) is 5.51. The molecule has 0 spiro atoms. The van der Waals surface area contributed by atoms with Crippen molar-refractivity contribution in [1.82, 2.24) is 9.88 Å². The van der Waals surface area contributed by atoms with Crippen LogP contribution in [0.4, 0.5) is 5.69 Å². The third-order valence-corrected chi connectivity index (χ3v) is 2.39. The van der Waals surface area contributed by atoms with Crippen molar-refractivity contribution in [2.45, 2.75) is 32.9 Å². The number of hydrogen-bond donors (Lipinski definition) is 3. The van der Waals surface area contributed by atoms with Gasteiger partial charge in [0.05, 0.1) is 5.69 Å². The highest BCUT2D eigenvalue weighted by atomic mass is 16.2. The lowest BCUT2D eigenvalue weighted by Gasteiger charge is -2.11. The van der Waals surface area contributed by atoms with E-state index in [1.165, 1.54) is 6.92 Å². The van der Waals surface area contributed by atoms with Gasteiger partial charge in [-0.25, -0.2) is 0 Å². The fraction of sp³-hybridized carbons (Fsp3) is 0.455. The Morgan fingerprint density at radius 3 is 2.71 bits per heavy atom. The largest absolute Gasteiger partial charge is 0.397 e. The van der Waals surface area contributed by atoms with Gasteiger partial charge in [0, 0.05) is 12.7 Å². The van der Waals surface area contributed by atoms with E-state index in [1.54, 1.807) is 16.8 Å². The van der Waals surface area contributed by atoms with Gasteiger partial charge in [-0.15, -0.1) is 0 Å². The molecule has 2 amide bonds. The highest BCUT2D eigenvalue weighted by Gasteiger charge is 2.17. The Balaban J connectivity index is 2.84. The van der Waals surface area contributed by atoms with E-state index in [0.29, 0.717) is 17.9 Å². The van der Waals surface area contributed by atoms with Crippen molar-refractivity contribution in [2.75, 3.05) is 5.73 Å². The number of amides is 2. The molecule has 0 aliphatic carbocycles. The molecular weight excluding hydrogens is 220 g/mol. The second kappa shape index (κ2) is 5.38. The highest BCUT2D eigenvalue weighted by molar-refractivity contribution is 5.96. The highest BCUT2D eigenvalue weighted by Crippen LogP contribution is 2.11. The van der Waals surface area contributed by atoms with E-state index in [0.717, 1.165) is 6.42 Å². The van der Waals surface area contributed by atoms with Gasteiger partial charge in [-0.3, -0.25) is 9.59 Å². The number of nitrogen functional groups attached to an aromatic ring is 1. The summed E-state index contributed by atoms with van der Waals surface area (Å²) in [7, 11) is 0. The molecule has 0 aliphatic rings. The van der Waals surface area contributed by atoms with Crippen LogP contribution in [0.1, 0.15) is 30.8 Å². The predicted octanol–water partition coefficient (Wildman–Crippen LogP) is 0.0839. The van der Waals surface area contributed by atoms with Gasteiger partial charge in [0.2, 0.25) is 5.91 Å². The van der Waals surface area contributed by atoms with Crippen LogP contribution in [0.15, 0.2) is 12.3 Å². The lowest BCUT2D eigenvalue weighted by molar-refractivity contribution is -0.119. The van der Waals surface area contributed by atoms with Crippen molar-refractivity contribution in [2.24, 2.45) is 5.73 Å². The molecule has 0 bridgehead atoms. The summed E-state index contributed by atoms with van der Waals surface area (Å²) in [5, 5.41) is 2.52. The summed E-state index contributed by atoms with van der Waals surface area (Å²) >= 11 is 0. The van der Waals surface area contributed by atoms with Crippen molar-refractivity contribution < 1.29 is 9.59 Å². The Kier molecular flexibility index (Phi) is 4.14. The number of carbonyl (C=O) groups is 2. The van der Waals surface area contributed by atoms with Gasteiger partial charge in [0.25, 0.3) is 5.91 Å². The molecule has 0 aliphatic heterocycles. The van der Waals surface area contributed by atoms with Gasteiger partial charge >= 0.3 is 0 Å². The Morgan fingerprint density at radius 1 is 1.53 bits per heavy atom. The van der Waals surface area contributed by atoms with Crippen LogP contribution in [0.2, 0.25) is 0 Å². The van der Waals surface area contributed by atoms with Crippen molar-refractivity contribution >= 4 is 17.5 Å². The Hall–Kier alpha value is -1.98. The third kappa shape index (κ3) is 3.24. The van der Waals surface area contributed by atoms with Crippen LogP contribution in [0.25, 0.3) is 0 Å². The molecular formula is C11H18N4O2. The minimum atomic E-state index is -0.700. The van der Waals surface area contributed by atoms with Gasteiger partial charge in [0.15, 0.2) is 0 Å². The van der Waals surface area contributed by atoms with Crippen LogP contribution < -0.4 is 16.8 Å². The minimum absolute atomic E-state index is 0.346. The number of hydrogen-bond acceptors (Lipinski definition) is 3. The molecule has 0 radical (unpaired) electrons. The Labute approximate surface area is 100.0 Å². The second-order valence-corrected chi connectivity index (χ2v) is 3.95. The van der Waals surface area contributed by atoms with Crippen molar-refractivity contribution in [3.8, 4) is 0 Å². The second-order valence-electron chi connectivity index (χ2n) is 3.95. The van der Waals surface area contributed by atoms with E-state index < -0.39 is 11.9 Å². The molecule has 0 saturated carbocycles. The minimum Gasteiger partial charge on any atom is -0.397 e. The molecule has 6 heteroatoms. The van der Waals surface area contributed by atoms with Crippen LogP contribution in [-0.4, -0.2) is 22.4 Å². The van der Waals surface area contributed by atoms with E-state index in [4.69, 9.17) is 11.5 Å². The molecule has 5 N–H and O–H groups in total. The van der Waals surface area contributed by atoms with Gasteiger partial charge in [0.1, 0.15) is 11.7 Å². The molecule has 94 valence electrons. The van der Waals surface area contributed by atoms with Crippen LogP contribution in [0.5, 0.6) is 0 Å². The average Bonchev–Trinajstić information content (AvgIpc) is 2.60. The summed E-state index contributed by atoms with van der Waals surface area (Å²) in [6.07, 6.45) is 2.59. The van der Waals surface area contributed by atoms with Crippen LogP contribution in [-0.2, 0) is 11.3 Å². The summed E-state index contributed by atoms with van der Waals surface area (Å²) in [6, 6.07) is 0.882. The van der Waals surface area contributed by atoms with Crippen molar-refractivity contribution in [1.29, 1.82) is 0 Å². The topological polar surface area (TPSA) is 103 Å². The summed E-state index contributed by atoms with van der Waals surface area (Å²) in [5.41, 5.74) is 11.7. The number of nitrogens with two attached hydrogens (primary N) is 2. The zero-order valence-electron chi connectivity index (χ0n) is 10.1. The summed E-state index contributed by atoms with van der Waals surface area (Å²) in [4.78, 5) is 22.7. The van der Waals surface area contributed by atoms with E-state index in [1.807, 2.05) is 6.92 Å². The Morgan fingerprint density at radius 2 is 2.18 bits per heavy atom. The van der Waals surface area contributed by atoms with Gasteiger partial charge in [-0.05, 0) is 19.4 Å². The number of anilines is 1. The summed E-state index contributed by atoms with van der Waals surface area (Å²) in [6.45, 7) is 4.24. The first-order chi connectivity index (χ1) is 7.95. The standard InChI is InChI=1S/C11H18N4O2/c1-3-4-15-6-8(12)5-9(15)11(17)14-7(2)10(13)16/h5-7H,3-4,12H2,1-2H3,(H2,13,16)(H,14,17). The van der Waals surface area contributed by atoms with E-state index in [2.05, 4.69) is 5.32 Å². The molecule has 1 atom stereocenters. The number of aryl methyl sites for hydroxylation is 1. The fourth-order valence-corrected chi connectivity index (χ4v) is 1.49. The lowest BCUT2D eigenvalue weighted by Crippen LogP contribution is -2.42. The molecule has 0 saturated heterocycles. The normalized spacial score (nSPS) is 12.1. The van der Waals surface area contributed by atoms with Gasteiger partial charge in [-0.2, -0.15) is 0 Å². The maximum Gasteiger partial charge on any atom is 0.268 e. The van der Waals surface area contributed by atoms with Gasteiger partial charge < -0.3 is 21.4 Å². The molecule has 1 rings (SSSR count). The number of aromatic nitrogens is 1.